The fourth-order valence-electron chi connectivity index (χ4n) is 3.32. The van der Waals surface area contributed by atoms with Crippen molar-refractivity contribution in [1.82, 2.24) is 29.0 Å². The minimum atomic E-state index is -4.38. The van der Waals surface area contributed by atoms with E-state index in [2.05, 4.69) is 19.7 Å². The lowest BCUT2D eigenvalue weighted by atomic mass is 10.1. The summed E-state index contributed by atoms with van der Waals surface area (Å²) in [5, 5.41) is 20.9. The molecule has 8 N–H and O–H groups in total. The summed E-state index contributed by atoms with van der Waals surface area (Å²) in [6, 6.07) is 4.20. The summed E-state index contributed by atoms with van der Waals surface area (Å²) in [6.07, 6.45) is -2.69. The molecule has 1 fully saturated rings. The number of para-hydroxylation sites is 1. The molecular formula is C17H19ClN8O6S. The second-order valence-corrected chi connectivity index (χ2v) is 9.02. The van der Waals surface area contributed by atoms with Crippen molar-refractivity contribution in [2.75, 3.05) is 18.0 Å². The third kappa shape index (κ3) is 4.41. The number of aliphatic hydroxyl groups excluding tert-OH is 2. The molecule has 0 aliphatic carbocycles. The number of nitrogen functional groups attached to an aromatic ring is 2. The Kier molecular flexibility index (Phi) is 6.08. The van der Waals surface area contributed by atoms with Crippen LogP contribution in [0.25, 0.3) is 11.2 Å². The highest BCUT2D eigenvalue weighted by Gasteiger charge is 2.44. The first-order valence-electron chi connectivity index (χ1n) is 9.39. The summed E-state index contributed by atoms with van der Waals surface area (Å²) in [5.41, 5.74) is 11.8. The lowest BCUT2D eigenvalue weighted by Crippen LogP contribution is -2.45. The van der Waals surface area contributed by atoms with Crippen molar-refractivity contribution in [3.63, 3.8) is 0 Å². The molecule has 0 spiro atoms. The largest absolute Gasteiger partial charge is 0.397 e. The lowest BCUT2D eigenvalue weighted by molar-refractivity contribution is -0.0330. The van der Waals surface area contributed by atoms with Gasteiger partial charge >= 0.3 is 10.2 Å². The average Bonchev–Trinajstić information content (AvgIpc) is 3.31. The Balaban J connectivity index is 1.44. The number of fused-ring (bicyclic) bond motifs is 1. The highest BCUT2D eigenvalue weighted by Crippen LogP contribution is 2.31. The molecule has 176 valence electrons. The first kappa shape index (κ1) is 23.1. The SMILES string of the molecule is Nc1c(Cl)cccc1C(=O)NS(=O)(=O)NC[C@H]1O[C@@H](n2cnc3c(N)ncnc32)[C@H](O)[C@@H]1O. The molecule has 1 amide bonds. The fourth-order valence-corrected chi connectivity index (χ4v) is 4.31. The van der Waals surface area contributed by atoms with Crippen LogP contribution in [0, 0.1) is 0 Å². The molecule has 14 nitrogen and oxygen atoms in total. The fraction of sp³-hybridized carbons (Fsp3) is 0.294. The van der Waals surface area contributed by atoms with Gasteiger partial charge in [-0.3, -0.25) is 9.36 Å². The van der Waals surface area contributed by atoms with Gasteiger partial charge in [0.25, 0.3) is 5.91 Å². The van der Waals surface area contributed by atoms with E-state index in [9.17, 15) is 23.4 Å². The number of nitrogens with one attached hydrogen (secondary N) is 2. The van der Waals surface area contributed by atoms with Gasteiger partial charge in [-0.15, -0.1) is 0 Å². The molecule has 33 heavy (non-hydrogen) atoms. The number of nitrogens with two attached hydrogens (primary N) is 2. The molecule has 0 saturated carbocycles. The highest BCUT2D eigenvalue weighted by atomic mass is 35.5. The van der Waals surface area contributed by atoms with Crippen molar-refractivity contribution in [3.8, 4) is 0 Å². The molecule has 3 aromatic rings. The molecule has 4 rings (SSSR count). The Bertz CT molecular complexity index is 1320. The molecule has 16 heteroatoms. The van der Waals surface area contributed by atoms with E-state index in [1.165, 1.54) is 35.4 Å². The van der Waals surface area contributed by atoms with Crippen molar-refractivity contribution in [1.29, 1.82) is 0 Å². The van der Waals surface area contributed by atoms with Gasteiger partial charge in [-0.25, -0.2) is 19.7 Å². The Morgan fingerprint density at radius 3 is 2.73 bits per heavy atom. The number of aromatic nitrogens is 4. The number of ether oxygens (including phenoxy) is 1. The first-order valence-corrected chi connectivity index (χ1v) is 11.3. The smallest absolute Gasteiger partial charge is 0.301 e. The third-order valence-electron chi connectivity index (χ3n) is 5.00. The van der Waals surface area contributed by atoms with Gasteiger partial charge in [0.1, 0.15) is 30.2 Å². The predicted octanol–water partition coefficient (Wildman–Crippen LogP) is -1.47. The van der Waals surface area contributed by atoms with Crippen LogP contribution in [-0.4, -0.2) is 68.9 Å². The molecule has 2 aromatic heterocycles. The van der Waals surface area contributed by atoms with Gasteiger partial charge < -0.3 is 26.4 Å². The summed E-state index contributed by atoms with van der Waals surface area (Å²) < 4.78 is 35.5. The van der Waals surface area contributed by atoms with Crippen LogP contribution in [0.2, 0.25) is 5.02 Å². The van der Waals surface area contributed by atoms with Crippen LogP contribution in [0.1, 0.15) is 16.6 Å². The van der Waals surface area contributed by atoms with Gasteiger partial charge in [-0.05, 0) is 12.1 Å². The molecule has 1 aliphatic heterocycles. The van der Waals surface area contributed by atoms with Gasteiger partial charge in [0.2, 0.25) is 0 Å². The monoisotopic (exact) mass is 498 g/mol. The zero-order chi connectivity index (χ0) is 23.9. The van der Waals surface area contributed by atoms with Crippen LogP contribution in [0.5, 0.6) is 0 Å². The second-order valence-electron chi connectivity index (χ2n) is 7.11. The van der Waals surface area contributed by atoms with Crippen molar-refractivity contribution in [3.05, 3.63) is 41.4 Å². The third-order valence-corrected chi connectivity index (χ3v) is 6.33. The Hall–Kier alpha value is -3.08. The van der Waals surface area contributed by atoms with Gasteiger partial charge in [-0.1, -0.05) is 17.7 Å². The zero-order valence-corrected chi connectivity index (χ0v) is 18.2. The first-order chi connectivity index (χ1) is 15.6. The second kappa shape index (κ2) is 8.69. The number of hydrogen-bond acceptors (Lipinski definition) is 11. The minimum absolute atomic E-state index is 0.0793. The van der Waals surface area contributed by atoms with Crippen LogP contribution in [0.15, 0.2) is 30.9 Å². The lowest BCUT2D eigenvalue weighted by Gasteiger charge is -2.16. The number of carbonyl (C=O) groups is 1. The van der Waals surface area contributed by atoms with Gasteiger partial charge in [-0.2, -0.15) is 13.1 Å². The van der Waals surface area contributed by atoms with Crippen LogP contribution in [0.3, 0.4) is 0 Å². The number of nitrogens with zero attached hydrogens (tertiary/aromatic N) is 4. The number of rotatable bonds is 6. The number of imidazole rings is 1. The zero-order valence-electron chi connectivity index (χ0n) is 16.7. The van der Waals surface area contributed by atoms with E-state index in [4.69, 9.17) is 27.8 Å². The summed E-state index contributed by atoms with van der Waals surface area (Å²) >= 11 is 5.85. The van der Waals surface area contributed by atoms with Crippen LogP contribution in [0.4, 0.5) is 11.5 Å². The number of aliphatic hydroxyl groups is 2. The van der Waals surface area contributed by atoms with Gasteiger partial charge in [0, 0.05) is 6.54 Å². The average molecular weight is 499 g/mol. The Morgan fingerprint density at radius 2 is 1.97 bits per heavy atom. The molecule has 0 bridgehead atoms. The maximum absolute atomic E-state index is 12.3. The summed E-state index contributed by atoms with van der Waals surface area (Å²) in [5.74, 6) is -0.886. The molecule has 1 aliphatic rings. The van der Waals surface area contributed by atoms with Crippen molar-refractivity contribution in [2.45, 2.75) is 24.5 Å². The van der Waals surface area contributed by atoms with E-state index in [1.54, 1.807) is 4.72 Å². The van der Waals surface area contributed by atoms with E-state index in [1.807, 2.05) is 0 Å². The summed E-state index contributed by atoms with van der Waals surface area (Å²) in [7, 11) is -4.38. The minimum Gasteiger partial charge on any atom is -0.397 e. The number of amides is 1. The predicted molar refractivity (Wildman–Crippen MR) is 116 cm³/mol. The highest BCUT2D eigenvalue weighted by molar-refractivity contribution is 7.88. The molecule has 0 radical (unpaired) electrons. The van der Waals surface area contributed by atoms with Crippen molar-refractivity contribution in [2.24, 2.45) is 0 Å². The molecular weight excluding hydrogens is 480 g/mol. The number of anilines is 2. The van der Waals surface area contributed by atoms with E-state index in [-0.39, 0.29) is 33.3 Å². The van der Waals surface area contributed by atoms with E-state index < -0.39 is 47.2 Å². The van der Waals surface area contributed by atoms with Crippen molar-refractivity contribution >= 4 is 50.4 Å². The maximum atomic E-state index is 12.3. The molecule has 1 aromatic carbocycles. The normalized spacial score (nSPS) is 23.1. The van der Waals surface area contributed by atoms with Gasteiger partial charge in [0.15, 0.2) is 17.7 Å². The number of halogens is 1. The van der Waals surface area contributed by atoms with Crippen LogP contribution < -0.4 is 20.9 Å². The number of carbonyl (C=O) groups excluding carboxylic acids is 1. The van der Waals surface area contributed by atoms with Crippen LogP contribution >= 0.6 is 11.6 Å². The molecule has 3 heterocycles. The Morgan fingerprint density at radius 1 is 1.21 bits per heavy atom. The van der Waals surface area contributed by atoms with E-state index in [0.29, 0.717) is 0 Å². The maximum Gasteiger partial charge on any atom is 0.301 e. The number of hydrogen-bond donors (Lipinski definition) is 6. The van der Waals surface area contributed by atoms with Crippen LogP contribution in [-0.2, 0) is 14.9 Å². The van der Waals surface area contributed by atoms with E-state index >= 15 is 0 Å². The number of benzene rings is 1. The molecule has 0 unspecified atom stereocenters. The Labute approximate surface area is 191 Å². The summed E-state index contributed by atoms with van der Waals surface area (Å²) in [6.45, 7) is -0.466. The molecule has 4 atom stereocenters. The standard InChI is InChI=1S/C17H19ClN8O6S/c18-8-3-1-2-7(10(8)19)16(29)25-33(30,31)24-4-9-12(27)13(28)17(32-9)26-6-23-11-14(20)21-5-22-15(11)26/h1-3,5-6,9,12-13,17,24,27-28H,4,19H2,(H,25,29)(H2,20,21,22)/t9-,12-,13-,17-/m1/s1. The quantitative estimate of drug-likeness (QED) is 0.215. The van der Waals surface area contributed by atoms with Gasteiger partial charge in [0.05, 0.1) is 22.6 Å². The van der Waals surface area contributed by atoms with Crippen molar-refractivity contribution < 1.29 is 28.2 Å². The van der Waals surface area contributed by atoms with E-state index in [0.717, 1.165) is 0 Å². The topological polar surface area (TPSA) is 221 Å². The molecule has 1 saturated heterocycles. The summed E-state index contributed by atoms with van der Waals surface area (Å²) in [4.78, 5) is 24.2.